The Hall–Kier alpha value is -0.580. The zero-order valence-corrected chi connectivity index (χ0v) is 12.0. The van der Waals surface area contributed by atoms with Crippen molar-refractivity contribution >= 4 is 11.6 Å². The fraction of sp³-hybridized carbons (Fsp3) is 0.769. The fourth-order valence-electron chi connectivity index (χ4n) is 2.66. The van der Waals surface area contributed by atoms with Crippen LogP contribution in [0, 0.1) is 5.41 Å². The van der Waals surface area contributed by atoms with Gasteiger partial charge in [0.25, 0.3) is 0 Å². The quantitative estimate of drug-likeness (QED) is 0.912. The van der Waals surface area contributed by atoms with Gasteiger partial charge in [0.05, 0.1) is 29.1 Å². The van der Waals surface area contributed by atoms with E-state index in [0.717, 1.165) is 29.3 Å². The maximum atomic E-state index is 9.74. The molecule has 1 N–H and O–H groups in total. The van der Waals surface area contributed by atoms with Gasteiger partial charge in [0.15, 0.2) is 0 Å². The van der Waals surface area contributed by atoms with Gasteiger partial charge in [-0.3, -0.25) is 4.68 Å². The zero-order valence-electron chi connectivity index (χ0n) is 11.2. The van der Waals surface area contributed by atoms with Gasteiger partial charge in [0.1, 0.15) is 0 Å². The van der Waals surface area contributed by atoms with Crippen molar-refractivity contribution in [1.29, 1.82) is 0 Å². The monoisotopic (exact) mass is 272 g/mol. The average Bonchev–Trinajstić information content (AvgIpc) is 2.85. The highest BCUT2D eigenvalue weighted by atomic mass is 35.5. The zero-order chi connectivity index (χ0) is 13.3. The van der Waals surface area contributed by atoms with Crippen LogP contribution < -0.4 is 0 Å². The van der Waals surface area contributed by atoms with Crippen molar-refractivity contribution in [2.24, 2.45) is 12.5 Å². The van der Waals surface area contributed by atoms with E-state index in [1.807, 2.05) is 25.6 Å². The fourth-order valence-corrected chi connectivity index (χ4v) is 3.02. The van der Waals surface area contributed by atoms with Gasteiger partial charge in [0, 0.05) is 25.5 Å². The van der Waals surface area contributed by atoms with Gasteiger partial charge < -0.3 is 9.84 Å². The summed E-state index contributed by atoms with van der Waals surface area (Å²) in [7, 11) is 1.91. The molecular weight excluding hydrogens is 252 g/mol. The van der Waals surface area contributed by atoms with Gasteiger partial charge in [-0.2, -0.15) is 5.10 Å². The summed E-state index contributed by atoms with van der Waals surface area (Å²) < 4.78 is 7.45. The Morgan fingerprint density at radius 1 is 1.61 bits per heavy atom. The minimum absolute atomic E-state index is 0.0542. The van der Waals surface area contributed by atoms with Crippen LogP contribution in [-0.4, -0.2) is 34.2 Å². The molecule has 102 valence electrons. The highest BCUT2D eigenvalue weighted by molar-refractivity contribution is 6.31. The third-order valence-electron chi connectivity index (χ3n) is 4.17. The second-order valence-corrected chi connectivity index (χ2v) is 5.52. The standard InChI is InChI=1S/C13H21ClN2O2/c1-4-10-12(14)11(16(3)15-10)7-13(8-17)5-6-18-9(13)2/h9,17H,4-8H2,1-3H3. The summed E-state index contributed by atoms with van der Waals surface area (Å²) in [4.78, 5) is 0. The van der Waals surface area contributed by atoms with E-state index < -0.39 is 0 Å². The number of rotatable bonds is 4. The van der Waals surface area contributed by atoms with Crippen molar-refractivity contribution < 1.29 is 9.84 Å². The summed E-state index contributed by atoms with van der Waals surface area (Å²) in [5.41, 5.74) is 1.70. The molecule has 4 nitrogen and oxygen atoms in total. The predicted octanol–water partition coefficient (Wildman–Crippen LogP) is 1.97. The van der Waals surface area contributed by atoms with Gasteiger partial charge in [0.2, 0.25) is 0 Å². The van der Waals surface area contributed by atoms with Crippen molar-refractivity contribution in [3.63, 3.8) is 0 Å². The summed E-state index contributed by atoms with van der Waals surface area (Å²) in [6.07, 6.45) is 2.46. The molecule has 2 rings (SSSR count). The van der Waals surface area contributed by atoms with Crippen LogP contribution in [0.5, 0.6) is 0 Å². The molecular formula is C13H21ClN2O2. The highest BCUT2D eigenvalue weighted by Gasteiger charge is 2.42. The molecule has 1 aromatic rings. The van der Waals surface area contributed by atoms with E-state index in [1.165, 1.54) is 0 Å². The second-order valence-electron chi connectivity index (χ2n) is 5.14. The summed E-state index contributed by atoms with van der Waals surface area (Å²) in [5, 5.41) is 14.9. The topological polar surface area (TPSA) is 47.3 Å². The molecule has 18 heavy (non-hydrogen) atoms. The number of halogens is 1. The molecule has 0 saturated carbocycles. The molecule has 2 unspecified atom stereocenters. The number of hydrogen-bond acceptors (Lipinski definition) is 3. The number of ether oxygens (including phenoxy) is 1. The van der Waals surface area contributed by atoms with Crippen LogP contribution in [0.2, 0.25) is 5.02 Å². The van der Waals surface area contributed by atoms with Gasteiger partial charge in [-0.1, -0.05) is 18.5 Å². The Balaban J connectivity index is 2.30. The van der Waals surface area contributed by atoms with E-state index in [9.17, 15) is 5.11 Å². The molecule has 1 aromatic heterocycles. The normalized spacial score (nSPS) is 27.9. The molecule has 0 spiro atoms. The van der Waals surface area contributed by atoms with E-state index in [4.69, 9.17) is 16.3 Å². The number of aliphatic hydroxyl groups excluding tert-OH is 1. The maximum absolute atomic E-state index is 9.74. The Morgan fingerprint density at radius 2 is 2.33 bits per heavy atom. The van der Waals surface area contributed by atoms with Crippen LogP contribution >= 0.6 is 11.6 Å². The Bertz CT molecular complexity index is 433. The molecule has 1 fully saturated rings. The minimum atomic E-state index is -0.220. The van der Waals surface area contributed by atoms with Gasteiger partial charge >= 0.3 is 0 Å². The van der Waals surface area contributed by atoms with E-state index in [0.29, 0.717) is 13.0 Å². The lowest BCUT2D eigenvalue weighted by atomic mass is 9.78. The molecule has 0 aromatic carbocycles. The predicted molar refractivity (Wildman–Crippen MR) is 70.8 cm³/mol. The third kappa shape index (κ3) is 2.17. The first-order valence-corrected chi connectivity index (χ1v) is 6.84. The molecule has 1 aliphatic heterocycles. The van der Waals surface area contributed by atoms with Crippen LogP contribution in [-0.2, 0) is 24.6 Å². The minimum Gasteiger partial charge on any atom is -0.396 e. The molecule has 1 saturated heterocycles. The van der Waals surface area contributed by atoms with E-state index in [1.54, 1.807) is 0 Å². The highest BCUT2D eigenvalue weighted by Crippen LogP contribution is 2.39. The molecule has 2 heterocycles. The van der Waals surface area contributed by atoms with Gasteiger partial charge in [-0.05, 0) is 19.8 Å². The SMILES string of the molecule is CCc1nn(C)c(CC2(CO)CCOC2C)c1Cl. The third-order valence-corrected chi connectivity index (χ3v) is 4.60. The lowest BCUT2D eigenvalue weighted by Gasteiger charge is -2.30. The van der Waals surface area contributed by atoms with Crippen molar-refractivity contribution in [2.45, 2.75) is 39.2 Å². The first-order valence-electron chi connectivity index (χ1n) is 6.46. The molecule has 5 heteroatoms. The van der Waals surface area contributed by atoms with Crippen LogP contribution in [0.4, 0.5) is 0 Å². The number of nitrogens with zero attached hydrogens (tertiary/aromatic N) is 2. The first-order chi connectivity index (χ1) is 8.54. The molecule has 0 bridgehead atoms. The first kappa shape index (κ1) is 13.8. The number of aromatic nitrogens is 2. The van der Waals surface area contributed by atoms with E-state index >= 15 is 0 Å². The maximum Gasteiger partial charge on any atom is 0.0849 e. The summed E-state index contributed by atoms with van der Waals surface area (Å²) in [6, 6.07) is 0. The summed E-state index contributed by atoms with van der Waals surface area (Å²) in [6.45, 7) is 4.89. The summed E-state index contributed by atoms with van der Waals surface area (Å²) in [5.74, 6) is 0. The van der Waals surface area contributed by atoms with Crippen LogP contribution in [0.15, 0.2) is 0 Å². The average molecular weight is 273 g/mol. The van der Waals surface area contributed by atoms with Crippen molar-refractivity contribution in [2.75, 3.05) is 13.2 Å². The number of aliphatic hydroxyl groups is 1. The lowest BCUT2D eigenvalue weighted by molar-refractivity contribution is 0.0262. The molecule has 2 atom stereocenters. The van der Waals surface area contributed by atoms with E-state index in [-0.39, 0.29) is 18.1 Å². The van der Waals surface area contributed by atoms with Crippen molar-refractivity contribution in [3.8, 4) is 0 Å². The van der Waals surface area contributed by atoms with Crippen molar-refractivity contribution in [1.82, 2.24) is 9.78 Å². The molecule has 0 aliphatic carbocycles. The Kier molecular flexibility index (Phi) is 3.99. The molecule has 0 amide bonds. The van der Waals surface area contributed by atoms with Crippen molar-refractivity contribution in [3.05, 3.63) is 16.4 Å². The smallest absolute Gasteiger partial charge is 0.0849 e. The summed E-state index contributed by atoms with van der Waals surface area (Å²) >= 11 is 6.37. The Morgan fingerprint density at radius 3 is 2.78 bits per heavy atom. The molecule has 0 radical (unpaired) electrons. The molecule has 1 aliphatic rings. The van der Waals surface area contributed by atoms with Gasteiger partial charge in [-0.15, -0.1) is 0 Å². The van der Waals surface area contributed by atoms with E-state index in [2.05, 4.69) is 5.10 Å². The van der Waals surface area contributed by atoms with Crippen LogP contribution in [0.1, 0.15) is 31.7 Å². The second kappa shape index (κ2) is 5.19. The Labute approximate surface area is 113 Å². The largest absolute Gasteiger partial charge is 0.396 e. The number of aryl methyl sites for hydroxylation is 2. The lowest BCUT2D eigenvalue weighted by Crippen LogP contribution is -2.35. The number of hydrogen-bond donors (Lipinski definition) is 1. The van der Waals surface area contributed by atoms with Crippen LogP contribution in [0.25, 0.3) is 0 Å². The van der Waals surface area contributed by atoms with Crippen LogP contribution in [0.3, 0.4) is 0 Å². The van der Waals surface area contributed by atoms with Gasteiger partial charge in [-0.25, -0.2) is 0 Å².